The summed E-state index contributed by atoms with van der Waals surface area (Å²) < 4.78 is 58.4. The normalized spacial score (nSPS) is 12.3. The number of carbonyl (C=O) groups is 2. The van der Waals surface area contributed by atoms with E-state index >= 15 is 0 Å². The minimum Gasteiger partial charge on any atom is -0.496 e. The number of ether oxygens (including phenoxy) is 1. The van der Waals surface area contributed by atoms with Gasteiger partial charge in [0.25, 0.3) is 5.91 Å². The molecule has 180 valence electrons. The number of benzene rings is 2. The maximum atomic E-state index is 13.5. The smallest absolute Gasteiger partial charge is 0.398 e. The Bertz CT molecular complexity index is 1220. The van der Waals surface area contributed by atoms with Crippen LogP contribution >= 0.6 is 0 Å². The molecule has 1 heterocycles. The second-order valence-electron chi connectivity index (χ2n) is 7.33. The van der Waals surface area contributed by atoms with E-state index in [1.165, 1.54) is 37.4 Å². The van der Waals surface area contributed by atoms with E-state index in [0.717, 1.165) is 19.1 Å². The Balaban J connectivity index is 1.83. The number of nitrogens with two attached hydrogens (primary N) is 1. The van der Waals surface area contributed by atoms with Crippen LogP contribution in [0.25, 0.3) is 11.3 Å². The molecule has 34 heavy (non-hydrogen) atoms. The molecule has 3 rings (SSSR count). The monoisotopic (exact) mass is 480 g/mol. The third kappa shape index (κ3) is 4.95. The van der Waals surface area contributed by atoms with Crippen LogP contribution in [0.2, 0.25) is 0 Å². The van der Waals surface area contributed by atoms with Gasteiger partial charge in [0.05, 0.1) is 12.7 Å². The number of carboxylic acid groups (broad SMARTS) is 1. The van der Waals surface area contributed by atoms with Crippen molar-refractivity contribution in [3.63, 3.8) is 0 Å². The SMILES string of the molecule is COc1ccc(F)cc1C(=O)NCc1ccc(-c2nc(C(C)C(F)(F)F)n(N)c2C(=O)O)cc1. The van der Waals surface area contributed by atoms with Crippen LogP contribution in [-0.2, 0) is 6.54 Å². The van der Waals surface area contributed by atoms with Gasteiger partial charge in [-0.1, -0.05) is 24.3 Å². The van der Waals surface area contributed by atoms with Gasteiger partial charge in [0.15, 0.2) is 5.69 Å². The van der Waals surface area contributed by atoms with Crippen molar-refractivity contribution in [2.75, 3.05) is 13.0 Å². The van der Waals surface area contributed by atoms with Crippen LogP contribution in [-0.4, -0.2) is 39.9 Å². The fourth-order valence-corrected chi connectivity index (χ4v) is 3.22. The van der Waals surface area contributed by atoms with E-state index in [1.807, 2.05) is 0 Å². The zero-order valence-electron chi connectivity index (χ0n) is 18.0. The highest BCUT2D eigenvalue weighted by Gasteiger charge is 2.41. The number of imidazole rings is 1. The molecule has 0 aliphatic rings. The van der Waals surface area contributed by atoms with Crippen LogP contribution < -0.4 is 15.9 Å². The van der Waals surface area contributed by atoms with Gasteiger partial charge in [-0.3, -0.25) is 4.79 Å². The van der Waals surface area contributed by atoms with Crippen molar-refractivity contribution < 1.29 is 37.0 Å². The second-order valence-corrected chi connectivity index (χ2v) is 7.33. The number of carboxylic acids is 1. The molecule has 0 spiro atoms. The predicted molar refractivity (Wildman–Crippen MR) is 113 cm³/mol. The Morgan fingerprint density at radius 3 is 2.41 bits per heavy atom. The van der Waals surface area contributed by atoms with E-state index in [0.29, 0.717) is 10.2 Å². The molecule has 4 N–H and O–H groups in total. The summed E-state index contributed by atoms with van der Waals surface area (Å²) in [6.45, 7) is 0.868. The molecule has 0 bridgehead atoms. The third-order valence-electron chi connectivity index (χ3n) is 5.11. The number of alkyl halides is 3. The van der Waals surface area contributed by atoms with Gasteiger partial charge in [-0.15, -0.1) is 0 Å². The predicted octanol–water partition coefficient (Wildman–Crippen LogP) is 3.71. The number of nitrogens with one attached hydrogen (secondary N) is 1. The van der Waals surface area contributed by atoms with E-state index in [1.54, 1.807) is 0 Å². The van der Waals surface area contributed by atoms with E-state index in [9.17, 15) is 32.3 Å². The van der Waals surface area contributed by atoms with Gasteiger partial charge in [0.1, 0.15) is 29.0 Å². The molecule has 0 aliphatic carbocycles. The number of hydrogen-bond acceptors (Lipinski definition) is 5. The van der Waals surface area contributed by atoms with E-state index in [-0.39, 0.29) is 29.1 Å². The summed E-state index contributed by atoms with van der Waals surface area (Å²) in [5.41, 5.74) is -0.00364. The highest BCUT2D eigenvalue weighted by molar-refractivity contribution is 5.97. The molecular formula is C22H20F4N4O4. The van der Waals surface area contributed by atoms with E-state index < -0.39 is 41.3 Å². The Morgan fingerprint density at radius 2 is 1.85 bits per heavy atom. The van der Waals surface area contributed by atoms with Crippen molar-refractivity contribution >= 4 is 11.9 Å². The van der Waals surface area contributed by atoms with Gasteiger partial charge in [-0.2, -0.15) is 13.2 Å². The van der Waals surface area contributed by atoms with Crippen molar-refractivity contribution in [2.24, 2.45) is 0 Å². The Hall–Kier alpha value is -4.09. The standard InChI is InChI=1S/C22H20F4N4O4/c1-11(22(24,25)26)19-29-17(18(21(32)33)30(19)27)13-5-3-12(4-6-13)10-28-20(31)15-9-14(23)7-8-16(15)34-2/h3-9,11H,10,27H2,1-2H3,(H,28,31)(H,32,33). The fourth-order valence-electron chi connectivity index (χ4n) is 3.22. The molecule has 8 nitrogen and oxygen atoms in total. The van der Waals surface area contributed by atoms with Crippen LogP contribution in [0.5, 0.6) is 5.75 Å². The Labute approximate surface area is 190 Å². The summed E-state index contributed by atoms with van der Waals surface area (Å²) in [6.07, 6.45) is -4.66. The molecular weight excluding hydrogens is 460 g/mol. The molecule has 0 fully saturated rings. The van der Waals surface area contributed by atoms with Crippen LogP contribution in [0.15, 0.2) is 42.5 Å². The number of hydrogen-bond donors (Lipinski definition) is 3. The number of rotatable bonds is 7. The molecule has 1 aromatic heterocycles. The Morgan fingerprint density at radius 1 is 1.21 bits per heavy atom. The molecule has 0 radical (unpaired) electrons. The lowest BCUT2D eigenvalue weighted by atomic mass is 10.1. The first-order valence-corrected chi connectivity index (χ1v) is 9.82. The fraction of sp³-hybridized carbons (Fsp3) is 0.227. The largest absolute Gasteiger partial charge is 0.496 e. The first kappa shape index (κ1) is 24.6. The van der Waals surface area contributed by atoms with Gasteiger partial charge < -0.3 is 21.0 Å². The summed E-state index contributed by atoms with van der Waals surface area (Å²) in [7, 11) is 1.34. The van der Waals surface area contributed by atoms with Crippen molar-refractivity contribution in [3.8, 4) is 17.0 Å². The summed E-state index contributed by atoms with van der Waals surface area (Å²) in [5, 5.41) is 12.1. The van der Waals surface area contributed by atoms with Crippen LogP contribution in [0.1, 0.15) is 45.1 Å². The third-order valence-corrected chi connectivity index (χ3v) is 5.11. The van der Waals surface area contributed by atoms with Gasteiger partial charge in [0, 0.05) is 12.1 Å². The van der Waals surface area contributed by atoms with Crippen molar-refractivity contribution in [2.45, 2.75) is 25.6 Å². The summed E-state index contributed by atoms with van der Waals surface area (Å²) in [5.74, 6) is 0.371. The van der Waals surface area contributed by atoms with E-state index in [4.69, 9.17) is 10.6 Å². The molecule has 1 unspecified atom stereocenters. The maximum Gasteiger partial charge on any atom is 0.398 e. The molecule has 2 aromatic carbocycles. The van der Waals surface area contributed by atoms with Crippen LogP contribution in [0, 0.1) is 5.82 Å². The number of nitrogen functional groups attached to an aromatic ring is 1. The second kappa shape index (κ2) is 9.41. The Kier molecular flexibility index (Phi) is 6.80. The number of carbonyl (C=O) groups excluding carboxylic acids is 1. The number of nitrogens with zero attached hydrogens (tertiary/aromatic N) is 2. The van der Waals surface area contributed by atoms with Crippen molar-refractivity contribution in [1.82, 2.24) is 15.0 Å². The maximum absolute atomic E-state index is 13.5. The summed E-state index contributed by atoms with van der Waals surface area (Å²) >= 11 is 0. The average molecular weight is 480 g/mol. The quantitative estimate of drug-likeness (QED) is 0.350. The summed E-state index contributed by atoms with van der Waals surface area (Å²) in [6, 6.07) is 9.47. The molecule has 0 saturated heterocycles. The first-order valence-electron chi connectivity index (χ1n) is 9.82. The zero-order chi connectivity index (χ0) is 25.2. The zero-order valence-corrected chi connectivity index (χ0v) is 18.0. The van der Waals surface area contributed by atoms with Gasteiger partial charge in [-0.05, 0) is 30.7 Å². The average Bonchev–Trinajstić information content (AvgIpc) is 3.13. The lowest BCUT2D eigenvalue weighted by Gasteiger charge is -2.14. The van der Waals surface area contributed by atoms with Gasteiger partial charge in [0.2, 0.25) is 0 Å². The van der Waals surface area contributed by atoms with Gasteiger partial charge in [-0.25, -0.2) is 18.8 Å². The number of amides is 1. The number of aromatic carboxylic acids is 1. The topological polar surface area (TPSA) is 119 Å². The molecule has 0 saturated carbocycles. The first-order chi connectivity index (χ1) is 15.9. The lowest BCUT2D eigenvalue weighted by molar-refractivity contribution is -0.148. The van der Waals surface area contributed by atoms with Crippen LogP contribution in [0.3, 0.4) is 0 Å². The number of halogens is 4. The van der Waals surface area contributed by atoms with Crippen LogP contribution in [0.4, 0.5) is 17.6 Å². The minimum atomic E-state index is -4.66. The van der Waals surface area contributed by atoms with Crippen molar-refractivity contribution in [3.05, 3.63) is 70.9 Å². The summed E-state index contributed by atoms with van der Waals surface area (Å²) in [4.78, 5) is 27.9. The lowest BCUT2D eigenvalue weighted by Crippen LogP contribution is -2.26. The number of methoxy groups -OCH3 is 1. The highest BCUT2D eigenvalue weighted by atomic mass is 19.4. The molecule has 0 aliphatic heterocycles. The van der Waals surface area contributed by atoms with Gasteiger partial charge >= 0.3 is 12.1 Å². The van der Waals surface area contributed by atoms with Crippen molar-refractivity contribution in [1.29, 1.82) is 0 Å². The number of aromatic nitrogens is 2. The highest BCUT2D eigenvalue weighted by Crippen LogP contribution is 2.35. The molecule has 12 heteroatoms. The minimum absolute atomic E-state index is 0.00465. The molecule has 3 aromatic rings. The molecule has 1 atom stereocenters. The van der Waals surface area contributed by atoms with E-state index in [2.05, 4.69) is 10.3 Å². The molecule has 1 amide bonds.